The number of allylic oxidation sites excluding steroid dienone is 4. The minimum absolute atomic E-state index is 0. The summed E-state index contributed by atoms with van der Waals surface area (Å²) >= 11 is -2.79. The average molecular weight is 815 g/mol. The first-order chi connectivity index (χ1) is 22.4. The van der Waals surface area contributed by atoms with Crippen molar-refractivity contribution in [1.82, 2.24) is 0 Å². The number of rotatable bonds is 6. The number of hydrogen-bond donors (Lipinski definition) is 0. The Kier molecular flexibility index (Phi) is 12.2. The summed E-state index contributed by atoms with van der Waals surface area (Å²) in [6.45, 7) is 29.1. The van der Waals surface area contributed by atoms with Crippen LogP contribution in [0.3, 0.4) is 0 Å². The fourth-order valence-electron chi connectivity index (χ4n) is 7.62. The number of hydrogen-bond acceptors (Lipinski definition) is 0. The van der Waals surface area contributed by atoms with Crippen molar-refractivity contribution in [2.45, 2.75) is 102 Å². The third-order valence-corrected chi connectivity index (χ3v) is 22.9. The van der Waals surface area contributed by atoms with E-state index < -0.39 is 37.4 Å². The van der Waals surface area contributed by atoms with E-state index in [-0.39, 0.29) is 35.6 Å². The summed E-state index contributed by atoms with van der Waals surface area (Å²) in [5.74, 6) is 0. The summed E-state index contributed by atoms with van der Waals surface area (Å²) in [6.07, 6.45) is 8.34. The Hall–Kier alpha value is -1.87. The monoisotopic (exact) mass is 812 g/mol. The van der Waals surface area contributed by atoms with Crippen LogP contribution in [0, 0.1) is 0 Å². The Morgan fingerprint density at radius 2 is 1.18 bits per heavy atom. The van der Waals surface area contributed by atoms with E-state index in [0.717, 1.165) is 6.42 Å². The number of halogens is 2. The Morgan fingerprint density at radius 3 is 1.62 bits per heavy atom. The van der Waals surface area contributed by atoms with Crippen molar-refractivity contribution in [3.8, 4) is 11.1 Å². The molecule has 6 rings (SSSR count). The second-order valence-electron chi connectivity index (χ2n) is 18.3. The van der Waals surface area contributed by atoms with Crippen LogP contribution in [-0.2, 0) is 32.1 Å². The smallest absolute Gasteiger partial charge is 1.00 e. The fourth-order valence-corrected chi connectivity index (χ4v) is 19.1. The molecule has 0 aliphatic heterocycles. The molecule has 0 amide bonds. The molecule has 0 bridgehead atoms. The van der Waals surface area contributed by atoms with Gasteiger partial charge in [-0.15, -0.1) is 0 Å². The first-order valence-electron chi connectivity index (χ1n) is 18.0. The zero-order chi connectivity index (χ0) is 34.8. The van der Waals surface area contributed by atoms with Crippen LogP contribution in [0.4, 0.5) is 0 Å². The topological polar surface area (TPSA) is 0 Å². The maximum absolute atomic E-state index is 2.79. The van der Waals surface area contributed by atoms with Gasteiger partial charge in [0, 0.05) is 0 Å². The van der Waals surface area contributed by atoms with Crippen molar-refractivity contribution in [2.24, 2.45) is 0 Å². The SMILES string of the molecule is CC(C)(C)c1ccc2c(c1)-c1cccc(C(C)(C)C)c1[CH]2[Zr+2]([C]1=CC=CC1)=[C](c1ccc([Si](C)(C)C)cc1)c1ccc([Si](C)(C)C)cc1.[Cl-].[Cl-]. The molecule has 0 fully saturated rings. The molecule has 1 atom stereocenters. The van der Waals surface area contributed by atoms with Crippen LogP contribution < -0.4 is 35.2 Å². The van der Waals surface area contributed by atoms with Gasteiger partial charge < -0.3 is 24.8 Å². The molecule has 2 aliphatic carbocycles. The van der Waals surface area contributed by atoms with Gasteiger partial charge in [-0.1, -0.05) is 0 Å². The third-order valence-electron chi connectivity index (χ3n) is 10.5. The second-order valence-corrected chi connectivity index (χ2v) is 34.7. The van der Waals surface area contributed by atoms with Gasteiger partial charge in [0.2, 0.25) is 0 Å². The molecule has 0 nitrogen and oxygen atoms in total. The van der Waals surface area contributed by atoms with E-state index in [2.05, 4.69) is 184 Å². The first-order valence-corrected chi connectivity index (χ1v) is 28.8. The second kappa shape index (κ2) is 14.9. The van der Waals surface area contributed by atoms with Crippen molar-refractivity contribution >= 4 is 29.7 Å². The molecule has 0 aromatic heterocycles. The standard InChI is InChI=1S/C21H25.C19H26Si2.C5H5.2ClH.Zr/c1-20(2,3)15-11-10-14-12-18-16(17(14)13-15)8-7-9-19(18)21(4,5)6;1-20(2,3)18-11-7-16(8-12-18)15-17-9-13-19(14-10-17)21(4,5)6;1-2-4-5-3-1;;;/h7-13H,1-6H3;7-14H,1-6H3;1-3H,4H2;2*1H;/q;;;;;+2/p-2. The van der Waals surface area contributed by atoms with Gasteiger partial charge in [0.25, 0.3) is 0 Å². The molecule has 4 aromatic rings. The van der Waals surface area contributed by atoms with Crippen molar-refractivity contribution in [3.05, 3.63) is 140 Å². The van der Waals surface area contributed by atoms with Gasteiger partial charge in [0.15, 0.2) is 0 Å². The quantitative estimate of drug-likeness (QED) is 0.236. The molecular weight excluding hydrogens is 759 g/mol. The molecule has 4 aromatic carbocycles. The molecule has 0 N–H and O–H groups in total. The van der Waals surface area contributed by atoms with Crippen molar-refractivity contribution in [1.29, 1.82) is 0 Å². The van der Waals surface area contributed by atoms with Crippen LogP contribution >= 0.6 is 0 Å². The molecule has 2 aliphatic rings. The molecule has 0 saturated heterocycles. The minimum atomic E-state index is -2.79. The van der Waals surface area contributed by atoms with Crippen LogP contribution in [0.15, 0.2) is 106 Å². The number of benzene rings is 4. The predicted molar refractivity (Wildman–Crippen MR) is 215 cm³/mol. The maximum atomic E-state index is 2.55. The molecule has 1 unspecified atom stereocenters. The van der Waals surface area contributed by atoms with Gasteiger partial charge in [0.1, 0.15) is 0 Å². The van der Waals surface area contributed by atoms with E-state index in [4.69, 9.17) is 0 Å². The van der Waals surface area contributed by atoms with Gasteiger partial charge in [0.05, 0.1) is 0 Å². The van der Waals surface area contributed by atoms with Crippen LogP contribution in [0.1, 0.15) is 85.0 Å². The molecule has 0 spiro atoms. The van der Waals surface area contributed by atoms with Crippen molar-refractivity contribution in [2.75, 3.05) is 0 Å². The van der Waals surface area contributed by atoms with Gasteiger partial charge >= 0.3 is 304 Å². The normalized spacial score (nSPS) is 15.3. The summed E-state index contributed by atoms with van der Waals surface area (Å²) in [5.41, 5.74) is 12.1. The summed E-state index contributed by atoms with van der Waals surface area (Å²) in [7, 11) is -2.86. The maximum Gasteiger partial charge on any atom is -1.00 e. The molecule has 0 heterocycles. The van der Waals surface area contributed by atoms with Crippen molar-refractivity contribution in [3.63, 3.8) is 0 Å². The van der Waals surface area contributed by atoms with Gasteiger partial charge in [-0.05, 0) is 0 Å². The molecular formula is C45H56Cl2Si2Zr. The van der Waals surface area contributed by atoms with Gasteiger partial charge in [-0.3, -0.25) is 0 Å². The molecule has 0 saturated carbocycles. The largest absolute Gasteiger partial charge is 1.00 e. The number of fused-ring (bicyclic) bond motifs is 3. The van der Waals surface area contributed by atoms with E-state index in [1.54, 1.807) is 17.6 Å². The Morgan fingerprint density at radius 1 is 0.640 bits per heavy atom. The van der Waals surface area contributed by atoms with Gasteiger partial charge in [-0.2, -0.15) is 0 Å². The fraction of sp³-hybridized carbons (Fsp3) is 0.356. The predicted octanol–water partition coefficient (Wildman–Crippen LogP) is 5.18. The zero-order valence-electron chi connectivity index (χ0n) is 32.4. The molecule has 262 valence electrons. The van der Waals surface area contributed by atoms with Crippen LogP contribution in [0.25, 0.3) is 11.1 Å². The Bertz CT molecular complexity index is 1900. The molecule has 5 heteroatoms. The van der Waals surface area contributed by atoms with E-state index in [1.807, 2.05) is 0 Å². The van der Waals surface area contributed by atoms with E-state index in [1.165, 1.54) is 43.8 Å². The average Bonchev–Trinajstić information content (AvgIpc) is 3.65. The van der Waals surface area contributed by atoms with E-state index in [9.17, 15) is 0 Å². The summed E-state index contributed by atoms with van der Waals surface area (Å²) in [6, 6.07) is 34.6. The van der Waals surface area contributed by atoms with E-state index >= 15 is 0 Å². The molecule has 0 radical (unpaired) electrons. The minimum Gasteiger partial charge on any atom is -1.00 e. The van der Waals surface area contributed by atoms with Crippen LogP contribution in [0.2, 0.25) is 39.3 Å². The van der Waals surface area contributed by atoms with E-state index in [0.29, 0.717) is 3.63 Å². The first kappa shape index (κ1) is 40.9. The Balaban J connectivity index is 0.00000281. The summed E-state index contributed by atoms with van der Waals surface area (Å²) in [4.78, 5) is 0. The van der Waals surface area contributed by atoms with Crippen LogP contribution in [0.5, 0.6) is 0 Å². The van der Waals surface area contributed by atoms with Crippen LogP contribution in [-0.4, -0.2) is 19.4 Å². The van der Waals surface area contributed by atoms with Gasteiger partial charge in [-0.25, -0.2) is 0 Å². The Labute approximate surface area is 325 Å². The third kappa shape index (κ3) is 8.03. The summed E-state index contributed by atoms with van der Waals surface area (Å²) in [5, 5.41) is 3.07. The zero-order valence-corrected chi connectivity index (χ0v) is 38.3. The summed E-state index contributed by atoms with van der Waals surface area (Å²) < 4.78 is 3.78. The van der Waals surface area contributed by atoms with Crippen molar-refractivity contribution < 1.29 is 46.1 Å². The molecule has 50 heavy (non-hydrogen) atoms.